The molecule has 102 valence electrons. The SMILES string of the molecule is O=C(NCc1ccc2c(c1)CCO2)C1CNCCO1. The lowest BCUT2D eigenvalue weighted by molar-refractivity contribution is -0.134. The summed E-state index contributed by atoms with van der Waals surface area (Å²) in [5.74, 6) is 0.916. The van der Waals surface area contributed by atoms with Crippen molar-refractivity contribution in [2.24, 2.45) is 0 Å². The summed E-state index contributed by atoms with van der Waals surface area (Å²) in [6, 6.07) is 6.06. The number of hydrogen-bond acceptors (Lipinski definition) is 4. The molecule has 1 saturated heterocycles. The minimum Gasteiger partial charge on any atom is -0.493 e. The summed E-state index contributed by atoms with van der Waals surface area (Å²) in [5, 5.41) is 6.06. The standard InChI is InChI=1S/C14H18N2O3/c17-14(13-9-15-4-6-19-13)16-8-10-1-2-12-11(7-10)3-5-18-12/h1-2,7,13,15H,3-6,8-9H2,(H,16,17). The number of morpholine rings is 1. The van der Waals surface area contributed by atoms with Gasteiger partial charge in [-0.2, -0.15) is 0 Å². The predicted molar refractivity (Wildman–Crippen MR) is 70.1 cm³/mol. The van der Waals surface area contributed by atoms with Crippen molar-refractivity contribution >= 4 is 5.91 Å². The van der Waals surface area contributed by atoms with Crippen LogP contribution in [0.2, 0.25) is 0 Å². The van der Waals surface area contributed by atoms with Gasteiger partial charge in [0.15, 0.2) is 0 Å². The lowest BCUT2D eigenvalue weighted by Gasteiger charge is -2.22. The molecule has 2 aliphatic rings. The molecule has 1 fully saturated rings. The molecule has 1 aromatic carbocycles. The molecule has 0 aromatic heterocycles. The first-order valence-electron chi connectivity index (χ1n) is 6.67. The number of hydrogen-bond donors (Lipinski definition) is 2. The van der Waals surface area contributed by atoms with E-state index in [0.29, 0.717) is 19.7 Å². The molecule has 0 radical (unpaired) electrons. The molecule has 5 heteroatoms. The van der Waals surface area contributed by atoms with E-state index in [1.54, 1.807) is 0 Å². The molecule has 0 spiro atoms. The van der Waals surface area contributed by atoms with Crippen LogP contribution < -0.4 is 15.4 Å². The highest BCUT2D eigenvalue weighted by Gasteiger charge is 2.21. The van der Waals surface area contributed by atoms with Crippen LogP contribution in [-0.4, -0.2) is 38.3 Å². The lowest BCUT2D eigenvalue weighted by Crippen LogP contribution is -2.47. The number of ether oxygens (including phenoxy) is 2. The average Bonchev–Trinajstić information content (AvgIpc) is 2.93. The summed E-state index contributed by atoms with van der Waals surface area (Å²) >= 11 is 0. The summed E-state index contributed by atoms with van der Waals surface area (Å²) < 4.78 is 10.9. The molecule has 0 aliphatic carbocycles. The number of rotatable bonds is 3. The maximum atomic E-state index is 11.9. The fourth-order valence-corrected chi connectivity index (χ4v) is 2.39. The van der Waals surface area contributed by atoms with Gasteiger partial charge in [0.25, 0.3) is 5.91 Å². The van der Waals surface area contributed by atoms with Gasteiger partial charge in [-0.1, -0.05) is 12.1 Å². The maximum absolute atomic E-state index is 11.9. The van der Waals surface area contributed by atoms with Crippen molar-refractivity contribution < 1.29 is 14.3 Å². The average molecular weight is 262 g/mol. The van der Waals surface area contributed by atoms with Crippen molar-refractivity contribution in [3.05, 3.63) is 29.3 Å². The summed E-state index contributed by atoms with van der Waals surface area (Å²) in [7, 11) is 0. The Morgan fingerprint density at radius 3 is 3.21 bits per heavy atom. The van der Waals surface area contributed by atoms with Crippen molar-refractivity contribution in [3.63, 3.8) is 0 Å². The zero-order chi connectivity index (χ0) is 13.1. The Balaban J connectivity index is 1.55. The van der Waals surface area contributed by atoms with E-state index in [0.717, 1.165) is 30.9 Å². The van der Waals surface area contributed by atoms with Gasteiger partial charge in [0.1, 0.15) is 11.9 Å². The van der Waals surface area contributed by atoms with Crippen molar-refractivity contribution in [2.45, 2.75) is 19.1 Å². The van der Waals surface area contributed by atoms with Crippen molar-refractivity contribution in [3.8, 4) is 5.75 Å². The van der Waals surface area contributed by atoms with Crippen LogP contribution in [0, 0.1) is 0 Å². The molecule has 1 atom stereocenters. The van der Waals surface area contributed by atoms with Crippen LogP contribution in [0.4, 0.5) is 0 Å². The Morgan fingerprint density at radius 2 is 2.37 bits per heavy atom. The predicted octanol–water partition coefficient (Wildman–Crippen LogP) is 0.226. The van der Waals surface area contributed by atoms with Crippen LogP contribution in [0.3, 0.4) is 0 Å². The van der Waals surface area contributed by atoms with E-state index in [4.69, 9.17) is 9.47 Å². The van der Waals surface area contributed by atoms with Crippen LogP contribution in [-0.2, 0) is 22.5 Å². The van der Waals surface area contributed by atoms with E-state index in [9.17, 15) is 4.79 Å². The highest BCUT2D eigenvalue weighted by Crippen LogP contribution is 2.25. The first kappa shape index (κ1) is 12.4. The minimum absolute atomic E-state index is 0.0519. The van der Waals surface area contributed by atoms with Gasteiger partial charge in [-0.05, 0) is 17.2 Å². The van der Waals surface area contributed by atoms with Gasteiger partial charge in [0.05, 0.1) is 13.2 Å². The summed E-state index contributed by atoms with van der Waals surface area (Å²) in [6.07, 6.45) is 0.582. The second-order valence-electron chi connectivity index (χ2n) is 4.82. The summed E-state index contributed by atoms with van der Waals surface area (Å²) in [5.41, 5.74) is 2.32. The molecule has 19 heavy (non-hydrogen) atoms. The number of fused-ring (bicyclic) bond motifs is 1. The summed E-state index contributed by atoms with van der Waals surface area (Å²) in [4.78, 5) is 11.9. The largest absolute Gasteiger partial charge is 0.493 e. The van der Waals surface area contributed by atoms with Crippen molar-refractivity contribution in [1.29, 1.82) is 0 Å². The van der Waals surface area contributed by atoms with E-state index in [1.807, 2.05) is 12.1 Å². The van der Waals surface area contributed by atoms with E-state index >= 15 is 0 Å². The molecule has 0 saturated carbocycles. The Kier molecular flexibility index (Phi) is 3.66. The van der Waals surface area contributed by atoms with Crippen LogP contribution in [0.5, 0.6) is 5.75 Å². The number of nitrogens with one attached hydrogen (secondary N) is 2. The fourth-order valence-electron chi connectivity index (χ4n) is 2.39. The Bertz CT molecular complexity index is 470. The molecular formula is C14H18N2O3. The second-order valence-corrected chi connectivity index (χ2v) is 4.82. The highest BCUT2D eigenvalue weighted by molar-refractivity contribution is 5.81. The zero-order valence-electron chi connectivity index (χ0n) is 10.8. The van der Waals surface area contributed by atoms with E-state index in [1.165, 1.54) is 5.56 Å². The van der Waals surface area contributed by atoms with Gasteiger partial charge in [0, 0.05) is 26.1 Å². The Hall–Kier alpha value is -1.59. The van der Waals surface area contributed by atoms with E-state index < -0.39 is 0 Å². The van der Waals surface area contributed by atoms with Gasteiger partial charge in [-0.3, -0.25) is 4.79 Å². The van der Waals surface area contributed by atoms with Gasteiger partial charge >= 0.3 is 0 Å². The molecule has 2 N–H and O–H groups in total. The maximum Gasteiger partial charge on any atom is 0.250 e. The number of amides is 1. The van der Waals surface area contributed by atoms with Crippen molar-refractivity contribution in [1.82, 2.24) is 10.6 Å². The molecule has 1 amide bonds. The smallest absolute Gasteiger partial charge is 0.250 e. The van der Waals surface area contributed by atoms with Crippen LogP contribution in [0.25, 0.3) is 0 Å². The molecule has 3 rings (SSSR count). The number of benzene rings is 1. The lowest BCUT2D eigenvalue weighted by atomic mass is 10.1. The third kappa shape index (κ3) is 2.88. The molecule has 0 bridgehead atoms. The van der Waals surface area contributed by atoms with Crippen LogP contribution >= 0.6 is 0 Å². The van der Waals surface area contributed by atoms with Gasteiger partial charge < -0.3 is 20.1 Å². The topological polar surface area (TPSA) is 59.6 Å². The molecule has 2 aliphatic heterocycles. The monoisotopic (exact) mass is 262 g/mol. The van der Waals surface area contributed by atoms with E-state index in [2.05, 4.69) is 16.7 Å². The molecule has 1 aromatic rings. The minimum atomic E-state index is -0.369. The normalized spacial score (nSPS) is 21.6. The molecule has 1 unspecified atom stereocenters. The van der Waals surface area contributed by atoms with Crippen LogP contribution in [0.15, 0.2) is 18.2 Å². The third-order valence-electron chi connectivity index (χ3n) is 3.44. The number of carbonyl (C=O) groups excluding carboxylic acids is 1. The molecular weight excluding hydrogens is 244 g/mol. The van der Waals surface area contributed by atoms with Crippen LogP contribution in [0.1, 0.15) is 11.1 Å². The molecule has 2 heterocycles. The Morgan fingerprint density at radius 1 is 1.42 bits per heavy atom. The fraction of sp³-hybridized carbons (Fsp3) is 0.500. The third-order valence-corrected chi connectivity index (χ3v) is 3.44. The van der Waals surface area contributed by atoms with Gasteiger partial charge in [0.2, 0.25) is 0 Å². The second kappa shape index (κ2) is 5.59. The number of carbonyl (C=O) groups is 1. The highest BCUT2D eigenvalue weighted by atomic mass is 16.5. The first-order chi connectivity index (χ1) is 9.33. The summed E-state index contributed by atoms with van der Waals surface area (Å²) in [6.45, 7) is 3.28. The Labute approximate surface area is 112 Å². The van der Waals surface area contributed by atoms with Gasteiger partial charge in [-0.25, -0.2) is 0 Å². The quantitative estimate of drug-likeness (QED) is 0.818. The van der Waals surface area contributed by atoms with Crippen molar-refractivity contribution in [2.75, 3.05) is 26.3 Å². The first-order valence-corrected chi connectivity index (χ1v) is 6.67. The van der Waals surface area contributed by atoms with E-state index in [-0.39, 0.29) is 12.0 Å². The van der Waals surface area contributed by atoms with Gasteiger partial charge in [-0.15, -0.1) is 0 Å². The molecule has 5 nitrogen and oxygen atoms in total. The zero-order valence-corrected chi connectivity index (χ0v) is 10.8.